The summed E-state index contributed by atoms with van der Waals surface area (Å²) in [6.07, 6.45) is 2.10. The van der Waals surface area contributed by atoms with Crippen molar-refractivity contribution in [2.24, 2.45) is 5.92 Å². The van der Waals surface area contributed by atoms with Gasteiger partial charge < -0.3 is 9.45 Å². The molecule has 1 fully saturated rings. The Bertz CT molecular complexity index is 1030. The number of nitrogens with zero attached hydrogens (tertiary/aromatic N) is 6. The van der Waals surface area contributed by atoms with E-state index in [4.69, 9.17) is 0 Å². The van der Waals surface area contributed by atoms with E-state index in [0.717, 1.165) is 19.4 Å². The third-order valence-corrected chi connectivity index (χ3v) is 5.26. The SMILES string of the molecule is O=S([O-])NCC1CCCN(c2cc(-c3cnc4ccc(C(F)F)nn34)ncn2)C1. The van der Waals surface area contributed by atoms with Gasteiger partial charge in [0.25, 0.3) is 6.43 Å². The van der Waals surface area contributed by atoms with Crippen LogP contribution < -0.4 is 9.62 Å². The quantitative estimate of drug-likeness (QED) is 0.602. The second-order valence-corrected chi connectivity index (χ2v) is 7.53. The van der Waals surface area contributed by atoms with Gasteiger partial charge in [-0.25, -0.2) is 33.0 Å². The van der Waals surface area contributed by atoms with Crippen molar-refractivity contribution in [3.05, 3.63) is 36.4 Å². The van der Waals surface area contributed by atoms with Crippen LogP contribution in [0.4, 0.5) is 14.6 Å². The highest BCUT2D eigenvalue weighted by atomic mass is 32.2. The molecule has 0 aliphatic carbocycles. The Morgan fingerprint density at radius 2 is 2.17 bits per heavy atom. The smallest absolute Gasteiger partial charge is 0.282 e. The maximum absolute atomic E-state index is 13.0. The molecule has 2 atom stereocenters. The second kappa shape index (κ2) is 8.43. The average Bonchev–Trinajstić information content (AvgIpc) is 3.16. The highest BCUT2D eigenvalue weighted by Gasteiger charge is 2.22. The molecule has 0 saturated carbocycles. The van der Waals surface area contributed by atoms with Crippen molar-refractivity contribution in [2.75, 3.05) is 24.5 Å². The summed E-state index contributed by atoms with van der Waals surface area (Å²) < 4.78 is 51.3. The van der Waals surface area contributed by atoms with Gasteiger partial charge in [0, 0.05) is 37.0 Å². The molecule has 3 aromatic heterocycles. The van der Waals surface area contributed by atoms with Crippen LogP contribution in [0.3, 0.4) is 0 Å². The van der Waals surface area contributed by atoms with E-state index in [0.29, 0.717) is 35.9 Å². The van der Waals surface area contributed by atoms with Gasteiger partial charge in [-0.2, -0.15) is 5.10 Å². The van der Waals surface area contributed by atoms with Crippen LogP contribution in [0.2, 0.25) is 0 Å². The monoisotopic (exact) mass is 422 g/mol. The number of imidazole rings is 1. The molecule has 0 spiro atoms. The second-order valence-electron chi connectivity index (χ2n) is 6.77. The lowest BCUT2D eigenvalue weighted by Gasteiger charge is -2.33. The van der Waals surface area contributed by atoms with Crippen LogP contribution in [-0.4, -0.2) is 53.0 Å². The van der Waals surface area contributed by atoms with Crippen LogP contribution in [0.5, 0.6) is 0 Å². The van der Waals surface area contributed by atoms with Crippen LogP contribution in [0, 0.1) is 5.92 Å². The standard InChI is InChI=1S/C17H19F2N7O2S/c18-17(19)12-3-4-15-20-8-14(26(15)24-12)13-6-16(22-10-21-13)25-5-1-2-11(9-25)7-23-29(27)28/h3-4,6,8,10-11,17,23H,1-2,5,7,9H2,(H,27,28)/p-1. The summed E-state index contributed by atoms with van der Waals surface area (Å²) >= 11 is -2.28. The summed E-state index contributed by atoms with van der Waals surface area (Å²) in [6, 6.07) is 4.50. The lowest BCUT2D eigenvalue weighted by atomic mass is 9.98. The molecule has 0 aromatic carbocycles. The molecule has 1 N–H and O–H groups in total. The van der Waals surface area contributed by atoms with E-state index >= 15 is 0 Å². The Morgan fingerprint density at radius 3 is 2.97 bits per heavy atom. The first-order valence-electron chi connectivity index (χ1n) is 9.04. The van der Waals surface area contributed by atoms with Crippen LogP contribution in [0.25, 0.3) is 17.0 Å². The fourth-order valence-electron chi connectivity index (χ4n) is 3.46. The largest absolute Gasteiger partial charge is 0.760 e. The summed E-state index contributed by atoms with van der Waals surface area (Å²) in [6.45, 7) is 1.81. The molecule has 1 aliphatic heterocycles. The highest BCUT2D eigenvalue weighted by Crippen LogP contribution is 2.26. The van der Waals surface area contributed by atoms with E-state index in [2.05, 4.69) is 29.7 Å². The summed E-state index contributed by atoms with van der Waals surface area (Å²) in [4.78, 5) is 14.9. The molecular weight excluding hydrogens is 404 g/mol. The van der Waals surface area contributed by atoms with Crippen LogP contribution in [0.1, 0.15) is 25.0 Å². The van der Waals surface area contributed by atoms with E-state index in [-0.39, 0.29) is 11.6 Å². The fourth-order valence-corrected chi connectivity index (χ4v) is 3.84. The predicted molar refractivity (Wildman–Crippen MR) is 101 cm³/mol. The number of halogens is 2. The Labute approximate surface area is 167 Å². The van der Waals surface area contributed by atoms with Gasteiger partial charge >= 0.3 is 0 Å². The van der Waals surface area contributed by atoms with E-state index in [1.165, 1.54) is 29.2 Å². The number of hydrogen-bond acceptors (Lipinski definition) is 7. The molecule has 0 radical (unpaired) electrons. The molecule has 12 heteroatoms. The van der Waals surface area contributed by atoms with E-state index in [1.807, 2.05) is 0 Å². The zero-order valence-corrected chi connectivity index (χ0v) is 16.1. The Kier molecular flexibility index (Phi) is 5.74. The molecule has 1 aliphatic rings. The van der Waals surface area contributed by atoms with Crippen molar-refractivity contribution in [1.82, 2.24) is 29.3 Å². The van der Waals surface area contributed by atoms with Gasteiger partial charge in [-0.15, -0.1) is 0 Å². The lowest BCUT2D eigenvalue weighted by Crippen LogP contribution is -2.40. The van der Waals surface area contributed by atoms with E-state index in [1.54, 1.807) is 6.07 Å². The van der Waals surface area contributed by atoms with Crippen molar-refractivity contribution in [3.63, 3.8) is 0 Å². The molecule has 3 aromatic rings. The topological polar surface area (TPSA) is 111 Å². The number of nitrogens with one attached hydrogen (secondary N) is 1. The van der Waals surface area contributed by atoms with Gasteiger partial charge in [-0.1, -0.05) is 0 Å². The maximum atomic E-state index is 13.0. The molecule has 4 heterocycles. The number of fused-ring (bicyclic) bond motifs is 1. The van der Waals surface area contributed by atoms with Crippen molar-refractivity contribution in [2.45, 2.75) is 19.3 Å². The van der Waals surface area contributed by atoms with Crippen molar-refractivity contribution in [1.29, 1.82) is 0 Å². The summed E-state index contributed by atoms with van der Waals surface area (Å²) in [5.74, 6) is 0.856. The normalized spacial score (nSPS) is 18.5. The molecular formula is C17H18F2N7O2S-. The van der Waals surface area contributed by atoms with Crippen LogP contribution >= 0.6 is 0 Å². The van der Waals surface area contributed by atoms with Crippen molar-refractivity contribution >= 4 is 22.7 Å². The minimum atomic E-state index is -2.68. The Balaban J connectivity index is 1.60. The third kappa shape index (κ3) is 4.38. The molecule has 4 rings (SSSR count). The summed E-state index contributed by atoms with van der Waals surface area (Å²) in [7, 11) is 0. The van der Waals surface area contributed by atoms with Crippen molar-refractivity contribution in [3.8, 4) is 11.4 Å². The van der Waals surface area contributed by atoms with Crippen molar-refractivity contribution < 1.29 is 17.5 Å². The molecule has 9 nitrogen and oxygen atoms in total. The number of anilines is 1. The van der Waals surface area contributed by atoms with Gasteiger partial charge in [0.05, 0.1) is 11.9 Å². The number of alkyl halides is 2. The predicted octanol–water partition coefficient (Wildman–Crippen LogP) is 1.72. The minimum Gasteiger partial charge on any atom is -0.760 e. The first kappa shape index (κ1) is 19.7. The average molecular weight is 422 g/mol. The zero-order chi connectivity index (χ0) is 20.4. The first-order valence-corrected chi connectivity index (χ1v) is 10.1. The molecule has 1 saturated heterocycles. The van der Waals surface area contributed by atoms with Gasteiger partial charge in [0.15, 0.2) is 5.65 Å². The molecule has 0 amide bonds. The zero-order valence-electron chi connectivity index (χ0n) is 15.2. The third-order valence-electron chi connectivity index (χ3n) is 4.85. The highest BCUT2D eigenvalue weighted by molar-refractivity contribution is 7.77. The fraction of sp³-hybridized carbons (Fsp3) is 0.412. The van der Waals surface area contributed by atoms with Gasteiger partial charge in [0.2, 0.25) is 0 Å². The van der Waals surface area contributed by atoms with Crippen LogP contribution in [-0.2, 0) is 11.3 Å². The molecule has 2 unspecified atom stereocenters. The number of hydrogen-bond donors (Lipinski definition) is 1. The Hall–Kier alpha value is -2.57. The Morgan fingerprint density at radius 1 is 1.31 bits per heavy atom. The lowest BCUT2D eigenvalue weighted by molar-refractivity contribution is 0.144. The van der Waals surface area contributed by atoms with Crippen LogP contribution in [0.15, 0.2) is 30.7 Å². The number of piperidine rings is 1. The van der Waals surface area contributed by atoms with E-state index in [9.17, 15) is 17.5 Å². The van der Waals surface area contributed by atoms with E-state index < -0.39 is 17.7 Å². The van der Waals surface area contributed by atoms with Gasteiger partial charge in [-0.05, 0) is 30.9 Å². The summed E-state index contributed by atoms with van der Waals surface area (Å²) in [5, 5.41) is 3.97. The van der Waals surface area contributed by atoms with Gasteiger partial charge in [-0.3, -0.25) is 4.21 Å². The maximum Gasteiger partial charge on any atom is 0.282 e. The number of aromatic nitrogens is 5. The molecule has 29 heavy (non-hydrogen) atoms. The van der Waals surface area contributed by atoms with Gasteiger partial charge in [0.1, 0.15) is 23.5 Å². The number of rotatable bonds is 6. The molecule has 154 valence electrons. The minimum absolute atomic E-state index is 0.172. The summed E-state index contributed by atoms with van der Waals surface area (Å²) in [5.41, 5.74) is 1.11. The first-order chi connectivity index (χ1) is 14.0. The molecule has 0 bridgehead atoms.